The van der Waals surface area contributed by atoms with Crippen molar-refractivity contribution in [1.82, 2.24) is 0 Å². The third-order valence-electron chi connectivity index (χ3n) is 2.11. The van der Waals surface area contributed by atoms with Crippen molar-refractivity contribution in [2.24, 2.45) is 0 Å². The summed E-state index contributed by atoms with van der Waals surface area (Å²) in [5.74, 6) is 0.214. The van der Waals surface area contributed by atoms with Crippen LogP contribution in [0.15, 0.2) is 0 Å². The van der Waals surface area contributed by atoms with Crippen molar-refractivity contribution in [3.05, 3.63) is 0 Å². The van der Waals surface area contributed by atoms with Gasteiger partial charge >= 0.3 is 15.6 Å². The summed E-state index contributed by atoms with van der Waals surface area (Å²) in [7, 11) is -9.29. The van der Waals surface area contributed by atoms with Gasteiger partial charge in [-0.2, -0.15) is 4.31 Å². The van der Waals surface area contributed by atoms with Gasteiger partial charge in [0.05, 0.1) is 6.61 Å². The second-order valence-electron chi connectivity index (χ2n) is 3.44. The van der Waals surface area contributed by atoms with E-state index in [0.29, 0.717) is 0 Å². The van der Waals surface area contributed by atoms with Crippen LogP contribution in [0.3, 0.4) is 0 Å². The number of phosphoric acid groups is 2. The minimum absolute atomic E-state index is 0.107. The number of phosphoric ester groups is 2. The fourth-order valence-electron chi connectivity index (χ4n) is 1.35. The lowest BCUT2D eigenvalue weighted by atomic mass is 9.99. The number of hydrogen-bond donors (Lipinski definition) is 2. The summed E-state index contributed by atoms with van der Waals surface area (Å²) in [4.78, 5) is 18.4. The van der Waals surface area contributed by atoms with Crippen molar-refractivity contribution in [2.45, 2.75) is 18.4 Å². The van der Waals surface area contributed by atoms with Crippen LogP contribution in [0.25, 0.3) is 0 Å². The highest BCUT2D eigenvalue weighted by molar-refractivity contribution is 7.61. The van der Waals surface area contributed by atoms with Gasteiger partial charge in [0.15, 0.2) is 0 Å². The quantitative estimate of drug-likeness (QED) is 0.602. The van der Waals surface area contributed by atoms with E-state index >= 15 is 0 Å². The molecule has 1 heterocycles. The Morgan fingerprint density at radius 2 is 1.65 bits per heavy atom. The Morgan fingerprint density at radius 3 is 2.12 bits per heavy atom. The van der Waals surface area contributed by atoms with E-state index in [-0.39, 0.29) is 24.6 Å². The van der Waals surface area contributed by atoms with Crippen molar-refractivity contribution in [1.29, 1.82) is 0 Å². The molecule has 0 aromatic carbocycles. The summed E-state index contributed by atoms with van der Waals surface area (Å²) >= 11 is 11.1. The lowest BCUT2D eigenvalue weighted by molar-refractivity contribution is 0.00744. The Balaban J connectivity index is 2.99. The first kappa shape index (κ1) is 15.9. The molecule has 1 rings (SSSR count). The molecule has 0 amide bonds. The first-order chi connectivity index (χ1) is 7.74. The molecule has 2 N–H and O–H groups in total. The predicted octanol–water partition coefficient (Wildman–Crippen LogP) is 2.25. The number of rotatable bonds is 4. The van der Waals surface area contributed by atoms with Crippen molar-refractivity contribution in [3.8, 4) is 0 Å². The molecule has 1 fully saturated rings. The van der Waals surface area contributed by atoms with Crippen molar-refractivity contribution in [3.63, 3.8) is 0 Å². The monoisotopic (exact) mass is 328 g/mol. The lowest BCUT2D eigenvalue weighted by Crippen LogP contribution is -2.36. The van der Waals surface area contributed by atoms with E-state index in [1.807, 2.05) is 0 Å². The Morgan fingerprint density at radius 1 is 1.12 bits per heavy atom. The third-order valence-corrected chi connectivity index (χ3v) is 5.21. The minimum atomic E-state index is -4.69. The van der Waals surface area contributed by atoms with Gasteiger partial charge in [-0.25, -0.2) is 9.13 Å². The Kier molecular flexibility index (Phi) is 5.48. The normalized spacial score (nSPS) is 37.6. The van der Waals surface area contributed by atoms with Crippen LogP contribution in [0.5, 0.6) is 0 Å². The summed E-state index contributed by atoms with van der Waals surface area (Å²) in [5.41, 5.74) is -1.30. The largest absolute Gasteiger partial charge is 0.481 e. The first-order valence-corrected chi connectivity index (χ1v) is 8.64. The van der Waals surface area contributed by atoms with E-state index in [9.17, 15) is 14.0 Å². The van der Waals surface area contributed by atoms with Gasteiger partial charge in [-0.05, 0) is 12.8 Å². The smallest absolute Gasteiger partial charge is 0.302 e. The summed E-state index contributed by atoms with van der Waals surface area (Å²) in [5, 5.41) is 0. The molecular weight excluding hydrogens is 317 g/mol. The van der Waals surface area contributed by atoms with Crippen LogP contribution in [0, 0.1) is 0 Å². The van der Waals surface area contributed by atoms with Gasteiger partial charge in [-0.15, -0.1) is 23.2 Å². The van der Waals surface area contributed by atoms with Gasteiger partial charge in [-0.1, -0.05) is 0 Å². The first-order valence-electron chi connectivity index (χ1n) is 4.58. The van der Waals surface area contributed by atoms with Gasteiger partial charge in [0.1, 0.15) is 5.60 Å². The van der Waals surface area contributed by atoms with E-state index in [4.69, 9.17) is 32.6 Å². The number of hydrogen-bond acceptors (Lipinski definition) is 5. The lowest BCUT2D eigenvalue weighted by Gasteiger charge is -2.29. The maximum Gasteiger partial charge on any atom is 0.481 e. The predicted molar refractivity (Wildman–Crippen MR) is 61.2 cm³/mol. The second-order valence-corrected chi connectivity index (χ2v) is 7.17. The van der Waals surface area contributed by atoms with Gasteiger partial charge in [0, 0.05) is 11.8 Å². The van der Waals surface area contributed by atoms with Gasteiger partial charge in [-0.3, -0.25) is 9.05 Å². The molecule has 0 aromatic rings. The minimum Gasteiger partial charge on any atom is -0.302 e. The van der Waals surface area contributed by atoms with Crippen LogP contribution < -0.4 is 0 Å². The van der Waals surface area contributed by atoms with E-state index in [1.165, 1.54) is 0 Å². The maximum atomic E-state index is 11.4. The average molecular weight is 329 g/mol. The van der Waals surface area contributed by atoms with Crippen molar-refractivity contribution >= 4 is 38.8 Å². The Hall–Kier alpha value is 0.840. The summed E-state index contributed by atoms with van der Waals surface area (Å²) < 4.78 is 36.1. The fourth-order valence-corrected chi connectivity index (χ4v) is 4.52. The van der Waals surface area contributed by atoms with Crippen LogP contribution >= 0.6 is 38.8 Å². The van der Waals surface area contributed by atoms with Crippen LogP contribution in [0.4, 0.5) is 0 Å². The molecule has 11 heteroatoms. The summed E-state index contributed by atoms with van der Waals surface area (Å²) in [6, 6.07) is 0. The third kappa shape index (κ3) is 4.78. The molecule has 1 saturated heterocycles. The fraction of sp³-hybridized carbons (Fsp3) is 1.00. The molecule has 0 radical (unpaired) electrons. The molecule has 0 spiro atoms. The second kappa shape index (κ2) is 5.87. The standard InChI is InChI=1S/C6H12Cl2O7P2/c7-3-1-6(2-4-8)5-13-16(9,10)15-17(11,12)14-6/h1-5H2,(H,9,10)(H,11,12). The van der Waals surface area contributed by atoms with Gasteiger partial charge in [0.25, 0.3) is 0 Å². The molecule has 0 aromatic heterocycles. The molecule has 1 aliphatic heterocycles. The number of halogens is 2. The van der Waals surface area contributed by atoms with Gasteiger partial charge < -0.3 is 9.79 Å². The number of alkyl halides is 2. The van der Waals surface area contributed by atoms with E-state index in [1.54, 1.807) is 0 Å². The summed E-state index contributed by atoms with van der Waals surface area (Å²) in [6.45, 7) is -0.398. The van der Waals surface area contributed by atoms with Crippen LogP contribution in [-0.4, -0.2) is 33.8 Å². The molecule has 0 aliphatic carbocycles. The zero-order chi connectivity index (χ0) is 13.2. The van der Waals surface area contributed by atoms with E-state index in [2.05, 4.69) is 8.83 Å². The van der Waals surface area contributed by atoms with Crippen molar-refractivity contribution < 1.29 is 32.3 Å². The van der Waals surface area contributed by atoms with Crippen LogP contribution in [0.2, 0.25) is 0 Å². The van der Waals surface area contributed by atoms with Crippen LogP contribution in [-0.2, 0) is 22.5 Å². The molecule has 2 atom stereocenters. The average Bonchev–Trinajstić information content (AvgIpc) is 2.21. The zero-order valence-corrected chi connectivity index (χ0v) is 11.9. The molecular formula is C6H12Cl2O7P2. The SMILES string of the molecule is O=P1(O)OCC(CCCl)(CCCl)OP(=O)(O)O1. The highest BCUT2D eigenvalue weighted by atomic mass is 35.5. The zero-order valence-electron chi connectivity index (χ0n) is 8.62. The van der Waals surface area contributed by atoms with Crippen LogP contribution in [0.1, 0.15) is 12.8 Å². The van der Waals surface area contributed by atoms with E-state index < -0.39 is 27.9 Å². The molecule has 17 heavy (non-hydrogen) atoms. The topological polar surface area (TPSA) is 102 Å². The summed E-state index contributed by atoms with van der Waals surface area (Å²) in [6.07, 6.45) is 0.268. The highest BCUT2D eigenvalue weighted by Crippen LogP contribution is 2.65. The molecule has 7 nitrogen and oxygen atoms in total. The molecule has 1 aliphatic rings. The Bertz CT molecular complexity index is 356. The maximum absolute atomic E-state index is 11.4. The van der Waals surface area contributed by atoms with Crippen molar-refractivity contribution in [2.75, 3.05) is 18.4 Å². The molecule has 102 valence electrons. The molecule has 2 unspecified atom stereocenters. The van der Waals surface area contributed by atoms with E-state index in [0.717, 1.165) is 0 Å². The van der Waals surface area contributed by atoms with Gasteiger partial charge in [0.2, 0.25) is 0 Å². The Labute approximate surface area is 108 Å². The highest BCUT2D eigenvalue weighted by Gasteiger charge is 2.48. The molecule has 0 bridgehead atoms. The molecule has 0 saturated carbocycles.